The second kappa shape index (κ2) is 6.27. The van der Waals surface area contributed by atoms with E-state index < -0.39 is 0 Å². The minimum absolute atomic E-state index is 0.551. The van der Waals surface area contributed by atoms with E-state index in [0.29, 0.717) is 4.75 Å². The molecule has 1 heterocycles. The quantitative estimate of drug-likeness (QED) is 0.791. The standard InChI is InChI=1S/C13H26N2S/c1-16-13(7-3-2-4-8-13)11-15-12-6-5-9-14-10-12/h12,14-15H,2-11H2,1H3. The maximum atomic E-state index is 3.80. The van der Waals surface area contributed by atoms with Crippen LogP contribution in [0.2, 0.25) is 0 Å². The molecular weight excluding hydrogens is 216 g/mol. The van der Waals surface area contributed by atoms with Crippen molar-refractivity contribution in [3.05, 3.63) is 0 Å². The molecule has 2 rings (SSSR count). The second-order valence-corrected chi connectivity index (χ2v) is 6.65. The van der Waals surface area contributed by atoms with Crippen molar-refractivity contribution in [2.24, 2.45) is 0 Å². The van der Waals surface area contributed by atoms with Crippen molar-refractivity contribution < 1.29 is 0 Å². The first-order valence-corrected chi connectivity index (χ1v) is 8.06. The topological polar surface area (TPSA) is 24.1 Å². The van der Waals surface area contributed by atoms with E-state index in [-0.39, 0.29) is 0 Å². The van der Waals surface area contributed by atoms with Gasteiger partial charge in [-0.1, -0.05) is 19.3 Å². The Morgan fingerprint density at radius 2 is 2.06 bits per heavy atom. The first-order chi connectivity index (χ1) is 7.85. The largest absolute Gasteiger partial charge is 0.315 e. The Balaban J connectivity index is 1.77. The maximum absolute atomic E-state index is 3.80. The van der Waals surface area contributed by atoms with Crippen LogP contribution in [0.4, 0.5) is 0 Å². The molecule has 0 bridgehead atoms. The maximum Gasteiger partial charge on any atom is 0.0281 e. The molecule has 1 unspecified atom stereocenters. The van der Waals surface area contributed by atoms with Gasteiger partial charge in [0, 0.05) is 23.9 Å². The van der Waals surface area contributed by atoms with Crippen molar-refractivity contribution in [3.63, 3.8) is 0 Å². The van der Waals surface area contributed by atoms with Crippen molar-refractivity contribution in [2.45, 2.75) is 55.7 Å². The Hall–Kier alpha value is 0.270. The minimum Gasteiger partial charge on any atom is -0.315 e. The van der Waals surface area contributed by atoms with Gasteiger partial charge < -0.3 is 10.6 Å². The van der Waals surface area contributed by atoms with Crippen LogP contribution in [0, 0.1) is 0 Å². The van der Waals surface area contributed by atoms with E-state index >= 15 is 0 Å². The van der Waals surface area contributed by atoms with Crippen LogP contribution in [0.3, 0.4) is 0 Å². The van der Waals surface area contributed by atoms with Crippen LogP contribution in [0.25, 0.3) is 0 Å². The lowest BCUT2D eigenvalue weighted by Gasteiger charge is -2.38. The third kappa shape index (κ3) is 3.38. The Morgan fingerprint density at radius 1 is 1.25 bits per heavy atom. The van der Waals surface area contributed by atoms with Crippen molar-refractivity contribution >= 4 is 11.8 Å². The summed E-state index contributed by atoms with van der Waals surface area (Å²) in [6.45, 7) is 3.61. The van der Waals surface area contributed by atoms with Crippen LogP contribution in [-0.2, 0) is 0 Å². The zero-order chi connectivity index (χ0) is 11.3. The molecule has 16 heavy (non-hydrogen) atoms. The Morgan fingerprint density at radius 3 is 2.69 bits per heavy atom. The summed E-state index contributed by atoms with van der Waals surface area (Å²) in [5.41, 5.74) is 0. The lowest BCUT2D eigenvalue weighted by Crippen LogP contribution is -2.49. The Bertz CT molecular complexity index is 196. The summed E-state index contributed by atoms with van der Waals surface area (Å²) in [4.78, 5) is 0. The molecule has 0 aromatic heterocycles. The highest BCUT2D eigenvalue weighted by Crippen LogP contribution is 2.38. The molecule has 0 aromatic rings. The third-order valence-electron chi connectivity index (χ3n) is 4.21. The summed E-state index contributed by atoms with van der Waals surface area (Å²) in [6, 6.07) is 0.722. The van der Waals surface area contributed by atoms with Gasteiger partial charge >= 0.3 is 0 Å². The summed E-state index contributed by atoms with van der Waals surface area (Å²) >= 11 is 2.10. The van der Waals surface area contributed by atoms with Gasteiger partial charge in [-0.2, -0.15) is 11.8 Å². The fourth-order valence-electron chi connectivity index (χ4n) is 3.01. The molecule has 2 aliphatic rings. The summed E-state index contributed by atoms with van der Waals surface area (Å²) in [7, 11) is 0. The predicted octanol–water partition coefficient (Wildman–Crippen LogP) is 2.39. The molecule has 1 aliphatic heterocycles. The van der Waals surface area contributed by atoms with Gasteiger partial charge in [0.2, 0.25) is 0 Å². The van der Waals surface area contributed by atoms with Crippen molar-refractivity contribution in [1.82, 2.24) is 10.6 Å². The molecule has 0 aromatic carbocycles. The predicted molar refractivity (Wildman–Crippen MR) is 73.2 cm³/mol. The Labute approximate surface area is 104 Å². The van der Waals surface area contributed by atoms with Gasteiger partial charge in [-0.05, 0) is 38.5 Å². The van der Waals surface area contributed by atoms with Crippen molar-refractivity contribution in [1.29, 1.82) is 0 Å². The van der Waals surface area contributed by atoms with E-state index in [1.54, 1.807) is 0 Å². The molecule has 0 spiro atoms. The molecule has 2 nitrogen and oxygen atoms in total. The van der Waals surface area contributed by atoms with Crippen LogP contribution >= 0.6 is 11.8 Å². The summed E-state index contributed by atoms with van der Waals surface area (Å²) in [6.07, 6.45) is 12.2. The van der Waals surface area contributed by atoms with Crippen molar-refractivity contribution in [2.75, 3.05) is 25.9 Å². The highest BCUT2D eigenvalue weighted by Gasteiger charge is 2.31. The molecule has 1 saturated carbocycles. The molecule has 1 saturated heterocycles. The van der Waals surface area contributed by atoms with Crippen LogP contribution < -0.4 is 10.6 Å². The van der Waals surface area contributed by atoms with Gasteiger partial charge in [0.05, 0.1) is 0 Å². The summed E-state index contributed by atoms with van der Waals surface area (Å²) < 4.78 is 0.551. The van der Waals surface area contributed by atoms with E-state index in [0.717, 1.165) is 6.04 Å². The van der Waals surface area contributed by atoms with Crippen molar-refractivity contribution in [3.8, 4) is 0 Å². The molecule has 0 amide bonds. The van der Waals surface area contributed by atoms with Gasteiger partial charge in [-0.3, -0.25) is 0 Å². The molecule has 2 N–H and O–H groups in total. The van der Waals surface area contributed by atoms with E-state index in [2.05, 4.69) is 28.7 Å². The molecular formula is C13H26N2S. The average molecular weight is 242 g/mol. The molecule has 3 heteroatoms. The lowest BCUT2D eigenvalue weighted by atomic mass is 9.88. The zero-order valence-electron chi connectivity index (χ0n) is 10.6. The fraction of sp³-hybridized carbons (Fsp3) is 1.00. The average Bonchev–Trinajstić information content (AvgIpc) is 2.39. The van der Waals surface area contributed by atoms with Gasteiger partial charge in [-0.15, -0.1) is 0 Å². The monoisotopic (exact) mass is 242 g/mol. The Kier molecular flexibility index (Phi) is 4.98. The van der Waals surface area contributed by atoms with Gasteiger partial charge in [-0.25, -0.2) is 0 Å². The van der Waals surface area contributed by atoms with Gasteiger partial charge in [0.15, 0.2) is 0 Å². The van der Waals surface area contributed by atoms with Crippen LogP contribution in [-0.4, -0.2) is 36.7 Å². The fourth-order valence-corrected chi connectivity index (χ4v) is 3.93. The van der Waals surface area contributed by atoms with Crippen LogP contribution in [0.5, 0.6) is 0 Å². The number of hydrogen-bond donors (Lipinski definition) is 2. The van der Waals surface area contributed by atoms with Crippen LogP contribution in [0.15, 0.2) is 0 Å². The van der Waals surface area contributed by atoms with E-state index in [9.17, 15) is 0 Å². The molecule has 1 aliphatic carbocycles. The smallest absolute Gasteiger partial charge is 0.0281 e. The number of piperidine rings is 1. The molecule has 0 radical (unpaired) electrons. The van der Waals surface area contributed by atoms with Crippen LogP contribution in [0.1, 0.15) is 44.9 Å². The van der Waals surface area contributed by atoms with Gasteiger partial charge in [0.25, 0.3) is 0 Å². The normalized spacial score (nSPS) is 30.2. The number of nitrogens with one attached hydrogen (secondary N) is 2. The minimum atomic E-state index is 0.551. The number of rotatable bonds is 4. The number of hydrogen-bond acceptors (Lipinski definition) is 3. The second-order valence-electron chi connectivity index (χ2n) is 5.37. The highest BCUT2D eigenvalue weighted by atomic mass is 32.2. The molecule has 2 fully saturated rings. The van der Waals surface area contributed by atoms with E-state index in [4.69, 9.17) is 0 Å². The van der Waals surface area contributed by atoms with E-state index in [1.807, 2.05) is 0 Å². The summed E-state index contributed by atoms with van der Waals surface area (Å²) in [5.74, 6) is 0. The molecule has 1 atom stereocenters. The zero-order valence-corrected chi connectivity index (χ0v) is 11.4. The SMILES string of the molecule is CSC1(CNC2CCCNC2)CCCCC1. The number of thioether (sulfide) groups is 1. The van der Waals surface area contributed by atoms with E-state index in [1.165, 1.54) is 64.6 Å². The first-order valence-electron chi connectivity index (χ1n) is 6.84. The van der Waals surface area contributed by atoms with Gasteiger partial charge in [0.1, 0.15) is 0 Å². The lowest BCUT2D eigenvalue weighted by molar-refractivity contribution is 0.332. The highest BCUT2D eigenvalue weighted by molar-refractivity contribution is 8.00. The third-order valence-corrected chi connectivity index (χ3v) is 5.63. The first kappa shape index (κ1) is 12.7. The summed E-state index contributed by atoms with van der Waals surface area (Å²) in [5, 5.41) is 7.28. The molecule has 94 valence electrons.